The maximum absolute atomic E-state index is 6.66. The predicted octanol–water partition coefficient (Wildman–Crippen LogP) is 6.47. The third-order valence-electron chi connectivity index (χ3n) is 7.41. The van der Waals surface area contributed by atoms with Crippen molar-refractivity contribution in [1.29, 1.82) is 0 Å². The first kappa shape index (κ1) is 25.3. The summed E-state index contributed by atoms with van der Waals surface area (Å²) in [5.74, 6) is 0.807. The fourth-order valence-electron chi connectivity index (χ4n) is 4.60. The van der Waals surface area contributed by atoms with Crippen molar-refractivity contribution in [3.05, 3.63) is 47.0 Å². The molecule has 2 saturated heterocycles. The second-order valence-electron chi connectivity index (χ2n) is 12.1. The van der Waals surface area contributed by atoms with Crippen molar-refractivity contribution in [3.63, 3.8) is 0 Å². The quantitative estimate of drug-likeness (QED) is 0.486. The lowest BCUT2D eigenvalue weighted by Crippen LogP contribution is -2.41. The minimum atomic E-state index is -0.505. The summed E-state index contributed by atoms with van der Waals surface area (Å²) in [5.41, 5.74) is 6.03. The Morgan fingerprint density at radius 3 is 2.12 bits per heavy atom. The Morgan fingerprint density at radius 1 is 0.882 bits per heavy atom. The minimum Gasteiger partial charge on any atom is -0.465 e. The van der Waals surface area contributed by atoms with Crippen molar-refractivity contribution in [3.8, 4) is 16.9 Å². The van der Waals surface area contributed by atoms with Gasteiger partial charge in [-0.1, -0.05) is 56.2 Å². The molecular weight excluding hydrogens is 423 g/mol. The van der Waals surface area contributed by atoms with Gasteiger partial charge in [-0.25, -0.2) is 0 Å². The van der Waals surface area contributed by atoms with Crippen molar-refractivity contribution in [1.82, 2.24) is 0 Å². The first-order valence-corrected chi connectivity index (χ1v) is 12.7. The highest BCUT2D eigenvalue weighted by molar-refractivity contribution is 6.63. The van der Waals surface area contributed by atoms with Crippen LogP contribution in [0.25, 0.3) is 11.1 Å². The van der Waals surface area contributed by atoms with Gasteiger partial charge in [0.1, 0.15) is 5.75 Å². The van der Waals surface area contributed by atoms with E-state index in [9.17, 15) is 0 Å². The second kappa shape index (κ2) is 9.00. The van der Waals surface area contributed by atoms with Crippen LogP contribution in [-0.2, 0) is 19.5 Å². The van der Waals surface area contributed by atoms with Crippen molar-refractivity contribution in [2.75, 3.05) is 6.61 Å². The fourth-order valence-corrected chi connectivity index (χ4v) is 4.60. The summed E-state index contributed by atoms with van der Waals surface area (Å²) in [5, 5.41) is 0. The predicted molar refractivity (Wildman–Crippen MR) is 140 cm³/mol. The molecule has 2 heterocycles. The minimum absolute atomic E-state index is 0.0483. The molecule has 2 aliphatic heterocycles. The van der Waals surface area contributed by atoms with E-state index in [0.717, 1.165) is 53.8 Å². The van der Waals surface area contributed by atoms with Crippen molar-refractivity contribution < 1.29 is 18.8 Å². The molecule has 4 nitrogen and oxygen atoms in total. The van der Waals surface area contributed by atoms with E-state index in [-0.39, 0.29) is 11.7 Å². The normalized spacial score (nSPS) is 22.1. The molecule has 0 saturated carbocycles. The van der Waals surface area contributed by atoms with Gasteiger partial charge in [-0.15, -0.1) is 0 Å². The van der Waals surface area contributed by atoms with E-state index in [2.05, 4.69) is 92.6 Å². The van der Waals surface area contributed by atoms with E-state index >= 15 is 0 Å². The van der Waals surface area contributed by atoms with Gasteiger partial charge in [0.05, 0.1) is 17.8 Å². The molecule has 2 aromatic carbocycles. The topological polar surface area (TPSA) is 36.9 Å². The van der Waals surface area contributed by atoms with Gasteiger partial charge in [-0.2, -0.15) is 0 Å². The summed E-state index contributed by atoms with van der Waals surface area (Å²) in [4.78, 5) is 0. The molecule has 0 aromatic heterocycles. The van der Waals surface area contributed by atoms with Crippen LogP contribution in [0.5, 0.6) is 5.75 Å². The highest BCUT2D eigenvalue weighted by atomic mass is 16.7. The fraction of sp³-hybridized carbons (Fsp3) is 0.586. The summed E-state index contributed by atoms with van der Waals surface area (Å²) in [6, 6.07) is 11.2. The van der Waals surface area contributed by atoms with Gasteiger partial charge in [-0.3, -0.25) is 0 Å². The number of hydrogen-bond acceptors (Lipinski definition) is 4. The van der Waals surface area contributed by atoms with Crippen molar-refractivity contribution >= 4 is 12.6 Å². The summed E-state index contributed by atoms with van der Waals surface area (Å²) in [7, 11) is -0.505. The van der Waals surface area contributed by atoms with Gasteiger partial charge in [0.15, 0.2) is 6.29 Å². The van der Waals surface area contributed by atoms with Crippen LogP contribution in [-0.4, -0.2) is 31.2 Å². The molecule has 0 amide bonds. The Balaban J connectivity index is 1.88. The zero-order chi connectivity index (χ0) is 24.9. The van der Waals surface area contributed by atoms with E-state index in [1.807, 2.05) is 0 Å². The van der Waals surface area contributed by atoms with E-state index in [0.29, 0.717) is 0 Å². The maximum atomic E-state index is 6.66. The number of benzene rings is 2. The summed E-state index contributed by atoms with van der Waals surface area (Å²) in [6.45, 7) is 20.1. The van der Waals surface area contributed by atoms with Crippen molar-refractivity contribution in [2.24, 2.45) is 0 Å². The largest absolute Gasteiger partial charge is 0.498 e. The molecule has 2 aliphatic rings. The van der Waals surface area contributed by atoms with Crippen LogP contribution in [0.4, 0.5) is 0 Å². The van der Waals surface area contributed by atoms with Gasteiger partial charge < -0.3 is 18.8 Å². The first-order chi connectivity index (χ1) is 15.8. The van der Waals surface area contributed by atoms with Gasteiger partial charge >= 0.3 is 7.12 Å². The highest BCUT2D eigenvalue weighted by Gasteiger charge is 2.53. The smallest absolute Gasteiger partial charge is 0.465 e. The maximum Gasteiger partial charge on any atom is 0.498 e. The molecule has 0 radical (unpaired) electrons. The Morgan fingerprint density at radius 2 is 1.53 bits per heavy atom. The summed E-state index contributed by atoms with van der Waals surface area (Å²) < 4.78 is 25.6. The molecule has 0 N–H and O–H groups in total. The first-order valence-electron chi connectivity index (χ1n) is 12.7. The number of ether oxygens (including phenoxy) is 2. The number of hydrogen-bond donors (Lipinski definition) is 0. The van der Waals surface area contributed by atoms with Gasteiger partial charge in [-0.05, 0) is 77.0 Å². The van der Waals surface area contributed by atoms with Crippen LogP contribution < -0.4 is 10.2 Å². The molecule has 5 heteroatoms. The van der Waals surface area contributed by atoms with Crippen molar-refractivity contribution in [2.45, 2.75) is 104 Å². The highest BCUT2D eigenvalue weighted by Crippen LogP contribution is 2.40. The summed E-state index contributed by atoms with van der Waals surface area (Å²) in [6.07, 6.45) is 2.81. The number of rotatable bonds is 4. The molecule has 1 atom stereocenters. The molecule has 4 rings (SSSR count). The molecule has 2 fully saturated rings. The van der Waals surface area contributed by atoms with E-state index < -0.39 is 18.3 Å². The van der Waals surface area contributed by atoms with Gasteiger partial charge in [0.2, 0.25) is 0 Å². The molecule has 0 spiro atoms. The molecule has 34 heavy (non-hydrogen) atoms. The van der Waals surface area contributed by atoms with Crippen LogP contribution in [0.3, 0.4) is 0 Å². The Kier molecular flexibility index (Phi) is 6.69. The lowest BCUT2D eigenvalue weighted by atomic mass is 9.75. The van der Waals surface area contributed by atoms with E-state index in [1.165, 1.54) is 11.1 Å². The molecule has 0 aliphatic carbocycles. The van der Waals surface area contributed by atoms with E-state index in [4.69, 9.17) is 18.8 Å². The standard InChI is InChI=1S/C29H41BO4/c1-19-14-21(18-22(15-19)27(3,4)5)23-16-20(2)17-24(26(23)32-25-12-10-11-13-31-25)30-33-28(6,7)29(8,9)34-30/h14-18,25H,10-13H2,1-9H3. The molecule has 0 bridgehead atoms. The van der Waals surface area contributed by atoms with Crippen LogP contribution in [0.2, 0.25) is 0 Å². The molecule has 1 unspecified atom stereocenters. The van der Waals surface area contributed by atoms with Gasteiger partial charge in [0.25, 0.3) is 0 Å². The van der Waals surface area contributed by atoms with Gasteiger partial charge in [0, 0.05) is 17.4 Å². The zero-order valence-corrected chi connectivity index (χ0v) is 22.5. The SMILES string of the molecule is Cc1cc(-c2cc(C)cc(B3OC(C)(C)C(C)(C)O3)c2OC2CCCCO2)cc(C(C)(C)C)c1. The number of aryl methyl sites for hydroxylation is 2. The second-order valence-corrected chi connectivity index (χ2v) is 12.1. The third kappa shape index (κ3) is 5.07. The van der Waals surface area contributed by atoms with Crippen LogP contribution in [0.15, 0.2) is 30.3 Å². The van der Waals surface area contributed by atoms with E-state index in [1.54, 1.807) is 0 Å². The summed E-state index contributed by atoms with van der Waals surface area (Å²) >= 11 is 0. The monoisotopic (exact) mass is 464 g/mol. The third-order valence-corrected chi connectivity index (χ3v) is 7.41. The van der Waals surface area contributed by atoms with Crippen LogP contribution in [0, 0.1) is 13.8 Å². The zero-order valence-electron chi connectivity index (χ0n) is 22.5. The van der Waals surface area contributed by atoms with Crippen LogP contribution in [0.1, 0.15) is 84.4 Å². The lowest BCUT2D eigenvalue weighted by Gasteiger charge is -2.32. The molecule has 184 valence electrons. The Labute approximate surface area is 206 Å². The average Bonchev–Trinajstić information content (AvgIpc) is 2.95. The lowest BCUT2D eigenvalue weighted by molar-refractivity contribution is -0.105. The molecular formula is C29H41BO4. The average molecular weight is 464 g/mol. The molecule has 2 aromatic rings. The Hall–Kier alpha value is -1.82. The Bertz CT molecular complexity index is 1030. The van der Waals surface area contributed by atoms with Crippen LogP contribution >= 0.6 is 0 Å².